The number of benzene rings is 2. The van der Waals surface area contributed by atoms with Crippen molar-refractivity contribution in [2.75, 3.05) is 6.61 Å². The third-order valence-corrected chi connectivity index (χ3v) is 3.42. The van der Waals surface area contributed by atoms with Crippen molar-refractivity contribution in [3.05, 3.63) is 53.1 Å². The summed E-state index contributed by atoms with van der Waals surface area (Å²) in [4.78, 5) is 11.0. The molecule has 1 aliphatic rings. The van der Waals surface area contributed by atoms with E-state index in [1.807, 2.05) is 12.1 Å². The molecule has 0 atom stereocenters. The molecule has 0 aliphatic carbocycles. The third-order valence-electron chi connectivity index (χ3n) is 3.42. The van der Waals surface area contributed by atoms with Gasteiger partial charge in [-0.05, 0) is 35.4 Å². The molecule has 1 N–H and O–H groups in total. The maximum absolute atomic E-state index is 11.0. The normalized spacial score (nSPS) is 12.3. The molecule has 0 fully saturated rings. The van der Waals surface area contributed by atoms with E-state index in [4.69, 9.17) is 9.84 Å². The number of carbonyl (C=O) groups is 1. The van der Waals surface area contributed by atoms with Crippen molar-refractivity contribution in [2.24, 2.45) is 0 Å². The summed E-state index contributed by atoms with van der Waals surface area (Å²) in [6.45, 7) is 0.432. The number of carboxylic acid groups (broad SMARTS) is 1. The number of ether oxygens (including phenoxy) is 1. The van der Waals surface area contributed by atoms with E-state index in [1.54, 1.807) is 18.2 Å². The minimum Gasteiger partial charge on any atom is -0.493 e. The van der Waals surface area contributed by atoms with Gasteiger partial charge >= 0.3 is 5.97 Å². The van der Waals surface area contributed by atoms with Crippen LogP contribution in [0, 0.1) is 11.3 Å². The van der Waals surface area contributed by atoms with E-state index in [1.165, 1.54) is 6.07 Å². The van der Waals surface area contributed by atoms with E-state index >= 15 is 0 Å². The van der Waals surface area contributed by atoms with Crippen LogP contribution in [-0.2, 0) is 6.42 Å². The van der Waals surface area contributed by atoms with Crippen molar-refractivity contribution in [1.82, 2.24) is 0 Å². The molecule has 3 rings (SSSR count). The van der Waals surface area contributed by atoms with Crippen molar-refractivity contribution in [3.8, 4) is 22.9 Å². The van der Waals surface area contributed by atoms with Crippen LogP contribution in [0.3, 0.4) is 0 Å². The summed E-state index contributed by atoms with van der Waals surface area (Å²) in [7, 11) is 0. The first-order valence-corrected chi connectivity index (χ1v) is 6.23. The lowest BCUT2D eigenvalue weighted by atomic mass is 9.93. The molecule has 0 amide bonds. The van der Waals surface area contributed by atoms with Crippen LogP contribution in [0.15, 0.2) is 36.4 Å². The Kier molecular flexibility index (Phi) is 2.88. The number of nitriles is 1. The molecule has 2 aromatic rings. The molecule has 0 saturated heterocycles. The molecular formula is C16H11NO3. The lowest BCUT2D eigenvalue weighted by Crippen LogP contribution is -2.01. The Hall–Kier alpha value is -2.80. The van der Waals surface area contributed by atoms with E-state index in [-0.39, 0.29) is 5.56 Å². The Morgan fingerprint density at radius 3 is 2.85 bits per heavy atom. The van der Waals surface area contributed by atoms with Gasteiger partial charge in [-0.15, -0.1) is 0 Å². The van der Waals surface area contributed by atoms with Crippen LogP contribution in [0.5, 0.6) is 5.75 Å². The van der Waals surface area contributed by atoms with Crippen molar-refractivity contribution >= 4 is 5.97 Å². The van der Waals surface area contributed by atoms with Gasteiger partial charge in [-0.25, -0.2) is 4.79 Å². The summed E-state index contributed by atoms with van der Waals surface area (Å²) in [6.07, 6.45) is 0.635. The summed E-state index contributed by atoms with van der Waals surface area (Å²) in [6, 6.07) is 12.6. The average Bonchev–Trinajstić information content (AvgIpc) is 2.65. The molecule has 4 nitrogen and oxygen atoms in total. The largest absolute Gasteiger partial charge is 0.493 e. The van der Waals surface area contributed by atoms with Crippen LogP contribution in [0.1, 0.15) is 21.5 Å². The fraction of sp³-hybridized carbons (Fsp3) is 0.125. The molecule has 0 bridgehead atoms. The minimum absolute atomic E-state index is 0.198. The molecule has 1 aliphatic heterocycles. The summed E-state index contributed by atoms with van der Waals surface area (Å²) >= 11 is 0. The molecule has 0 radical (unpaired) electrons. The second-order valence-electron chi connectivity index (χ2n) is 4.56. The second-order valence-corrected chi connectivity index (χ2v) is 4.56. The highest BCUT2D eigenvalue weighted by Gasteiger charge is 2.19. The highest BCUT2D eigenvalue weighted by atomic mass is 16.5. The molecule has 2 aromatic carbocycles. The van der Waals surface area contributed by atoms with E-state index < -0.39 is 5.97 Å². The van der Waals surface area contributed by atoms with Crippen LogP contribution >= 0.6 is 0 Å². The number of hydrogen-bond donors (Lipinski definition) is 1. The number of aromatic carboxylic acids is 1. The lowest BCUT2D eigenvalue weighted by Gasteiger charge is -2.10. The number of hydrogen-bond acceptors (Lipinski definition) is 3. The van der Waals surface area contributed by atoms with Crippen molar-refractivity contribution < 1.29 is 14.6 Å². The van der Waals surface area contributed by atoms with Gasteiger partial charge in [0.25, 0.3) is 0 Å². The maximum Gasteiger partial charge on any atom is 0.335 e. The van der Waals surface area contributed by atoms with Crippen molar-refractivity contribution in [3.63, 3.8) is 0 Å². The maximum atomic E-state index is 11.0. The van der Waals surface area contributed by atoms with Gasteiger partial charge in [0.2, 0.25) is 0 Å². The number of nitrogens with zero attached hydrogens (tertiary/aromatic N) is 1. The SMILES string of the molecule is N#Cc1cccc2c1CCOc1cc(C(=O)O)ccc1-2. The quantitative estimate of drug-likeness (QED) is 0.860. The fourth-order valence-corrected chi connectivity index (χ4v) is 2.47. The standard InChI is InChI=1S/C16H11NO3/c17-9-11-2-1-3-13-12(11)6-7-20-15-8-10(16(18)19)4-5-14(13)15/h1-5,8H,6-7H2,(H,18,19). The van der Waals surface area contributed by atoms with Gasteiger partial charge in [0, 0.05) is 12.0 Å². The molecule has 0 spiro atoms. The summed E-state index contributed by atoms with van der Waals surface area (Å²) in [5.74, 6) is -0.426. The van der Waals surface area contributed by atoms with E-state index in [9.17, 15) is 10.1 Å². The van der Waals surface area contributed by atoms with E-state index in [0.29, 0.717) is 24.3 Å². The summed E-state index contributed by atoms with van der Waals surface area (Å²) in [5.41, 5.74) is 3.56. The Morgan fingerprint density at radius 2 is 2.10 bits per heavy atom. The predicted octanol–water partition coefficient (Wildman–Crippen LogP) is 2.86. The average molecular weight is 265 g/mol. The van der Waals surface area contributed by atoms with Gasteiger partial charge in [0.05, 0.1) is 23.8 Å². The Balaban J connectivity index is 2.23. The molecule has 98 valence electrons. The molecule has 0 unspecified atom stereocenters. The first-order chi connectivity index (χ1) is 9.70. The third kappa shape index (κ3) is 1.90. The molecule has 1 heterocycles. The van der Waals surface area contributed by atoms with Crippen LogP contribution in [0.4, 0.5) is 0 Å². The molecule has 0 aromatic heterocycles. The second kappa shape index (κ2) is 4.71. The Morgan fingerprint density at radius 1 is 1.25 bits per heavy atom. The lowest BCUT2D eigenvalue weighted by molar-refractivity contribution is 0.0696. The van der Waals surface area contributed by atoms with Crippen LogP contribution in [0.25, 0.3) is 11.1 Å². The number of fused-ring (bicyclic) bond motifs is 3. The number of rotatable bonds is 1. The first-order valence-electron chi connectivity index (χ1n) is 6.23. The van der Waals surface area contributed by atoms with Gasteiger partial charge < -0.3 is 9.84 Å². The Labute approximate surface area is 115 Å². The zero-order chi connectivity index (χ0) is 14.1. The summed E-state index contributed by atoms with van der Waals surface area (Å²) < 4.78 is 5.65. The Bertz CT molecular complexity index is 744. The van der Waals surface area contributed by atoms with Crippen LogP contribution < -0.4 is 4.74 Å². The molecular weight excluding hydrogens is 254 g/mol. The zero-order valence-corrected chi connectivity index (χ0v) is 10.6. The monoisotopic (exact) mass is 265 g/mol. The smallest absolute Gasteiger partial charge is 0.335 e. The van der Waals surface area contributed by atoms with Crippen molar-refractivity contribution in [1.29, 1.82) is 5.26 Å². The minimum atomic E-state index is -0.980. The van der Waals surface area contributed by atoms with Gasteiger partial charge in [0.15, 0.2) is 0 Å². The molecule has 4 heteroatoms. The van der Waals surface area contributed by atoms with Gasteiger partial charge in [-0.2, -0.15) is 5.26 Å². The van der Waals surface area contributed by atoms with Gasteiger partial charge in [0.1, 0.15) is 5.75 Å². The van der Waals surface area contributed by atoms with Gasteiger partial charge in [-0.1, -0.05) is 12.1 Å². The van der Waals surface area contributed by atoms with E-state index in [2.05, 4.69) is 6.07 Å². The zero-order valence-electron chi connectivity index (χ0n) is 10.6. The fourth-order valence-electron chi connectivity index (χ4n) is 2.47. The number of carboxylic acids is 1. The highest BCUT2D eigenvalue weighted by Crippen LogP contribution is 2.37. The van der Waals surface area contributed by atoms with Crippen LogP contribution in [0.2, 0.25) is 0 Å². The molecule has 0 saturated carbocycles. The van der Waals surface area contributed by atoms with Crippen LogP contribution in [-0.4, -0.2) is 17.7 Å². The first kappa shape index (κ1) is 12.2. The molecule has 20 heavy (non-hydrogen) atoms. The predicted molar refractivity (Wildman–Crippen MR) is 72.8 cm³/mol. The van der Waals surface area contributed by atoms with Crippen molar-refractivity contribution in [2.45, 2.75) is 6.42 Å². The van der Waals surface area contributed by atoms with E-state index in [0.717, 1.165) is 16.7 Å². The highest BCUT2D eigenvalue weighted by molar-refractivity contribution is 5.90. The summed E-state index contributed by atoms with van der Waals surface area (Å²) in [5, 5.41) is 18.2. The van der Waals surface area contributed by atoms with Gasteiger partial charge in [-0.3, -0.25) is 0 Å². The topological polar surface area (TPSA) is 70.3 Å².